The van der Waals surface area contributed by atoms with Crippen LogP contribution in [0.2, 0.25) is 0 Å². The van der Waals surface area contributed by atoms with Crippen LogP contribution in [0.15, 0.2) is 29.9 Å². The van der Waals surface area contributed by atoms with Crippen molar-refractivity contribution in [1.29, 1.82) is 0 Å². The van der Waals surface area contributed by atoms with Gasteiger partial charge in [0.1, 0.15) is 11.6 Å². The minimum absolute atomic E-state index is 0.222. The Morgan fingerprint density at radius 1 is 1.30 bits per heavy atom. The molecule has 0 radical (unpaired) electrons. The molecule has 2 aromatic rings. The molecule has 146 valence electrons. The van der Waals surface area contributed by atoms with Gasteiger partial charge in [-0.05, 0) is 45.2 Å². The molecule has 0 aliphatic carbocycles. The van der Waals surface area contributed by atoms with E-state index in [0.717, 1.165) is 11.3 Å². The molecule has 0 aliphatic heterocycles. The van der Waals surface area contributed by atoms with Crippen LogP contribution in [-0.4, -0.2) is 33.6 Å². The minimum Gasteiger partial charge on any atom is -0.458 e. The van der Waals surface area contributed by atoms with Gasteiger partial charge in [0.2, 0.25) is 0 Å². The van der Waals surface area contributed by atoms with Gasteiger partial charge in [-0.3, -0.25) is 10.3 Å². The molecule has 0 bridgehead atoms. The van der Waals surface area contributed by atoms with E-state index in [-0.39, 0.29) is 5.92 Å². The first-order chi connectivity index (χ1) is 12.6. The summed E-state index contributed by atoms with van der Waals surface area (Å²) >= 11 is 1.31. The van der Waals surface area contributed by atoms with E-state index in [1.165, 1.54) is 11.3 Å². The standard InChI is InChI=1S/C19H26N4O3S/c1-12(2)9-14(16(24)26-19(3,4)5)21-17(25)23-18-22-15(11-27-18)13-7-6-8-20-10-13/h6-8,10-12,14H,9H2,1-5H3,(H2,21,22,23,25)/t14-/m1/s1. The minimum atomic E-state index is -0.720. The third kappa shape index (κ3) is 6.97. The fraction of sp³-hybridized carbons (Fsp3) is 0.474. The first kappa shape index (κ1) is 20.8. The lowest BCUT2D eigenvalue weighted by atomic mass is 10.0. The highest BCUT2D eigenvalue weighted by Crippen LogP contribution is 2.24. The van der Waals surface area contributed by atoms with Crippen molar-refractivity contribution in [1.82, 2.24) is 15.3 Å². The molecule has 0 saturated carbocycles. The molecule has 2 amide bonds. The Labute approximate surface area is 163 Å². The normalized spacial score (nSPS) is 12.5. The van der Waals surface area contributed by atoms with Crippen LogP contribution in [0.4, 0.5) is 9.93 Å². The average molecular weight is 391 g/mol. The van der Waals surface area contributed by atoms with E-state index >= 15 is 0 Å². The van der Waals surface area contributed by atoms with Crippen molar-refractivity contribution in [3.63, 3.8) is 0 Å². The number of carbonyl (C=O) groups is 2. The van der Waals surface area contributed by atoms with E-state index in [1.54, 1.807) is 33.2 Å². The van der Waals surface area contributed by atoms with Gasteiger partial charge in [-0.1, -0.05) is 13.8 Å². The lowest BCUT2D eigenvalue weighted by Crippen LogP contribution is -2.46. The van der Waals surface area contributed by atoms with Crippen LogP contribution < -0.4 is 10.6 Å². The quantitative estimate of drug-likeness (QED) is 0.725. The third-order valence-electron chi connectivity index (χ3n) is 3.39. The van der Waals surface area contributed by atoms with Crippen LogP contribution >= 0.6 is 11.3 Å². The summed E-state index contributed by atoms with van der Waals surface area (Å²) in [6.07, 6.45) is 3.88. The van der Waals surface area contributed by atoms with Gasteiger partial charge in [0.05, 0.1) is 5.69 Å². The summed E-state index contributed by atoms with van der Waals surface area (Å²) in [4.78, 5) is 33.2. The zero-order chi connectivity index (χ0) is 20.0. The van der Waals surface area contributed by atoms with Crippen LogP contribution in [0.1, 0.15) is 41.0 Å². The van der Waals surface area contributed by atoms with Gasteiger partial charge in [0.25, 0.3) is 0 Å². The van der Waals surface area contributed by atoms with Gasteiger partial charge < -0.3 is 10.1 Å². The number of carbonyl (C=O) groups excluding carboxylic acids is 2. The van der Waals surface area contributed by atoms with Crippen LogP contribution in [-0.2, 0) is 9.53 Å². The van der Waals surface area contributed by atoms with E-state index in [9.17, 15) is 9.59 Å². The largest absolute Gasteiger partial charge is 0.458 e. The molecule has 0 spiro atoms. The van der Waals surface area contributed by atoms with Gasteiger partial charge in [-0.15, -0.1) is 11.3 Å². The van der Waals surface area contributed by atoms with Gasteiger partial charge >= 0.3 is 12.0 Å². The summed E-state index contributed by atoms with van der Waals surface area (Å²) in [5, 5.41) is 7.66. The first-order valence-electron chi connectivity index (χ1n) is 8.80. The molecule has 27 heavy (non-hydrogen) atoms. The lowest BCUT2D eigenvalue weighted by Gasteiger charge is -2.25. The number of urea groups is 1. The predicted molar refractivity (Wildman–Crippen MR) is 107 cm³/mol. The molecule has 2 rings (SSSR count). The SMILES string of the molecule is CC(C)C[C@@H](NC(=O)Nc1nc(-c2cccnc2)cs1)C(=O)OC(C)(C)C. The molecule has 0 aromatic carbocycles. The number of aromatic nitrogens is 2. The molecule has 0 saturated heterocycles. The van der Waals surface area contributed by atoms with E-state index in [4.69, 9.17) is 4.74 Å². The maximum atomic E-state index is 12.4. The Balaban J connectivity index is 2.01. The number of pyridine rings is 1. The number of esters is 1. The Morgan fingerprint density at radius 3 is 2.63 bits per heavy atom. The second-order valence-corrected chi connectivity index (χ2v) is 8.45. The van der Waals surface area contributed by atoms with Crippen molar-refractivity contribution in [2.24, 2.45) is 5.92 Å². The van der Waals surface area contributed by atoms with E-state index in [2.05, 4.69) is 20.6 Å². The zero-order valence-electron chi connectivity index (χ0n) is 16.3. The van der Waals surface area contributed by atoms with Gasteiger partial charge in [0.15, 0.2) is 5.13 Å². The van der Waals surface area contributed by atoms with Crippen molar-refractivity contribution < 1.29 is 14.3 Å². The third-order valence-corrected chi connectivity index (χ3v) is 4.14. The van der Waals surface area contributed by atoms with E-state index in [1.807, 2.05) is 31.4 Å². The molecule has 8 heteroatoms. The monoisotopic (exact) mass is 390 g/mol. The molecule has 2 aromatic heterocycles. The smallest absolute Gasteiger partial charge is 0.329 e. The van der Waals surface area contributed by atoms with Crippen molar-refractivity contribution >= 4 is 28.5 Å². The summed E-state index contributed by atoms with van der Waals surface area (Å²) in [6, 6.07) is 2.51. The van der Waals surface area contributed by atoms with Crippen LogP contribution in [0, 0.1) is 5.92 Å². The second-order valence-electron chi connectivity index (χ2n) is 7.59. The highest BCUT2D eigenvalue weighted by atomic mass is 32.1. The highest BCUT2D eigenvalue weighted by Gasteiger charge is 2.27. The van der Waals surface area contributed by atoms with Gasteiger partial charge in [0, 0.05) is 23.3 Å². The van der Waals surface area contributed by atoms with E-state index in [0.29, 0.717) is 11.6 Å². The molecule has 2 heterocycles. The van der Waals surface area contributed by atoms with Crippen LogP contribution in [0.3, 0.4) is 0 Å². The van der Waals surface area contributed by atoms with Crippen molar-refractivity contribution in [3.05, 3.63) is 29.9 Å². The summed E-state index contributed by atoms with van der Waals surface area (Å²) in [5.74, 6) is -0.221. The number of hydrogen-bond acceptors (Lipinski definition) is 6. The summed E-state index contributed by atoms with van der Waals surface area (Å²) in [7, 11) is 0. The fourth-order valence-electron chi connectivity index (χ4n) is 2.33. The Bertz CT molecular complexity index is 769. The molecule has 0 aliphatic rings. The molecular weight excluding hydrogens is 364 g/mol. The summed E-state index contributed by atoms with van der Waals surface area (Å²) in [6.45, 7) is 9.36. The van der Waals surface area contributed by atoms with Gasteiger partial charge in [-0.25, -0.2) is 14.6 Å². The van der Waals surface area contributed by atoms with Crippen molar-refractivity contribution in [2.45, 2.75) is 52.7 Å². The lowest BCUT2D eigenvalue weighted by molar-refractivity contribution is -0.157. The van der Waals surface area contributed by atoms with Crippen LogP contribution in [0.25, 0.3) is 11.3 Å². The number of nitrogens with zero attached hydrogens (tertiary/aromatic N) is 2. The highest BCUT2D eigenvalue weighted by molar-refractivity contribution is 7.14. The zero-order valence-corrected chi connectivity index (χ0v) is 17.1. The van der Waals surface area contributed by atoms with Crippen molar-refractivity contribution in [3.8, 4) is 11.3 Å². The van der Waals surface area contributed by atoms with Crippen molar-refractivity contribution in [2.75, 3.05) is 5.32 Å². The Morgan fingerprint density at radius 2 is 2.04 bits per heavy atom. The predicted octanol–water partition coefficient (Wildman–Crippen LogP) is 4.08. The fourth-order valence-corrected chi connectivity index (χ4v) is 3.04. The molecule has 0 unspecified atom stereocenters. The molecular formula is C19H26N4O3S. The first-order valence-corrected chi connectivity index (χ1v) is 9.68. The number of ether oxygens (including phenoxy) is 1. The van der Waals surface area contributed by atoms with E-state index < -0.39 is 23.6 Å². The number of anilines is 1. The molecule has 1 atom stereocenters. The molecule has 0 fully saturated rings. The van der Waals surface area contributed by atoms with Crippen LogP contribution in [0.5, 0.6) is 0 Å². The summed E-state index contributed by atoms with van der Waals surface area (Å²) < 4.78 is 5.41. The number of nitrogens with one attached hydrogen (secondary N) is 2. The average Bonchev–Trinajstić information content (AvgIpc) is 3.01. The second kappa shape index (κ2) is 8.94. The Kier molecular flexibility index (Phi) is 6.90. The number of rotatable bonds is 6. The Hall–Kier alpha value is -2.48. The maximum absolute atomic E-state index is 12.4. The number of hydrogen-bond donors (Lipinski definition) is 2. The molecule has 7 nitrogen and oxygen atoms in total. The summed E-state index contributed by atoms with van der Waals surface area (Å²) in [5.41, 5.74) is 0.987. The number of amides is 2. The topological polar surface area (TPSA) is 93.2 Å². The molecule has 2 N–H and O–H groups in total. The van der Waals surface area contributed by atoms with Gasteiger partial charge in [-0.2, -0.15) is 0 Å². The maximum Gasteiger partial charge on any atom is 0.329 e. The number of thiazole rings is 1.